The van der Waals surface area contributed by atoms with Gasteiger partial charge in [-0.25, -0.2) is 18.4 Å². The van der Waals surface area contributed by atoms with Crippen LogP contribution in [-0.4, -0.2) is 47.1 Å². The number of rotatable bonds is 4. The van der Waals surface area contributed by atoms with E-state index in [1.807, 2.05) is 0 Å². The van der Waals surface area contributed by atoms with Crippen LogP contribution in [0.5, 0.6) is 6.01 Å². The molecule has 1 aromatic heterocycles. The predicted molar refractivity (Wildman–Crippen MR) is 64.6 cm³/mol. The molecular formula is C11H15N3O3S. The first-order valence-electron chi connectivity index (χ1n) is 6.09. The maximum Gasteiger partial charge on any atom is 0.316 e. The summed E-state index contributed by atoms with van der Waals surface area (Å²) < 4.78 is 31.2. The second-order valence-corrected chi connectivity index (χ2v) is 6.88. The Morgan fingerprint density at radius 3 is 2.61 bits per heavy atom. The number of aromatic nitrogens is 2. The van der Waals surface area contributed by atoms with Crippen LogP contribution in [0.25, 0.3) is 0 Å². The molecule has 0 bridgehead atoms. The minimum Gasteiger partial charge on any atom is -0.459 e. The van der Waals surface area contributed by atoms with E-state index in [-0.39, 0.29) is 11.4 Å². The highest BCUT2D eigenvalue weighted by Crippen LogP contribution is 2.33. The van der Waals surface area contributed by atoms with Crippen molar-refractivity contribution in [3.63, 3.8) is 0 Å². The molecule has 1 aliphatic carbocycles. The van der Waals surface area contributed by atoms with Gasteiger partial charge in [-0.3, -0.25) is 0 Å². The number of nitrogens with zero attached hydrogens (tertiary/aromatic N) is 3. The molecule has 2 aliphatic rings. The first-order chi connectivity index (χ1) is 8.66. The van der Waals surface area contributed by atoms with Gasteiger partial charge in [0.05, 0.1) is 11.8 Å². The molecule has 0 aromatic carbocycles. The summed E-state index contributed by atoms with van der Waals surface area (Å²) in [5.41, 5.74) is 0. The zero-order valence-corrected chi connectivity index (χ0v) is 10.7. The van der Waals surface area contributed by atoms with Crippen LogP contribution in [0.1, 0.15) is 19.3 Å². The SMILES string of the molecule is O=S(=O)(C1CC1)N1CC[C@@H](Oc2ncccn2)C1. The standard InChI is InChI=1S/C11H15N3O3S/c15-18(16,10-2-3-10)14-7-4-9(8-14)17-11-12-5-1-6-13-11/h1,5-6,9-10H,2-4,7-8H2/t9-/m1/s1. The molecule has 7 heteroatoms. The van der Waals surface area contributed by atoms with E-state index in [0.717, 1.165) is 12.8 Å². The molecule has 0 amide bonds. The van der Waals surface area contributed by atoms with E-state index >= 15 is 0 Å². The number of sulfonamides is 1. The molecule has 18 heavy (non-hydrogen) atoms. The highest BCUT2D eigenvalue weighted by Gasteiger charge is 2.43. The lowest BCUT2D eigenvalue weighted by molar-refractivity contribution is 0.197. The molecule has 6 nitrogen and oxygen atoms in total. The fourth-order valence-electron chi connectivity index (χ4n) is 2.10. The first kappa shape index (κ1) is 11.9. The van der Waals surface area contributed by atoms with Crippen molar-refractivity contribution in [2.45, 2.75) is 30.6 Å². The fourth-order valence-corrected chi connectivity index (χ4v) is 3.98. The average molecular weight is 269 g/mol. The van der Waals surface area contributed by atoms with Gasteiger partial charge >= 0.3 is 6.01 Å². The lowest BCUT2D eigenvalue weighted by atomic mass is 10.3. The van der Waals surface area contributed by atoms with Crippen LogP contribution in [0.15, 0.2) is 18.5 Å². The third-order valence-electron chi connectivity index (χ3n) is 3.23. The van der Waals surface area contributed by atoms with Gasteiger partial charge in [-0.15, -0.1) is 0 Å². The van der Waals surface area contributed by atoms with Gasteiger partial charge in [-0.2, -0.15) is 4.31 Å². The smallest absolute Gasteiger partial charge is 0.316 e. The second-order valence-electron chi connectivity index (χ2n) is 4.66. The molecule has 0 spiro atoms. The molecule has 2 heterocycles. The molecule has 1 atom stereocenters. The van der Waals surface area contributed by atoms with Gasteiger partial charge in [0.1, 0.15) is 6.10 Å². The molecule has 1 aliphatic heterocycles. The minimum atomic E-state index is -3.08. The summed E-state index contributed by atoms with van der Waals surface area (Å²) in [5, 5.41) is -0.149. The van der Waals surface area contributed by atoms with E-state index in [9.17, 15) is 8.42 Å². The fraction of sp³-hybridized carbons (Fsp3) is 0.636. The second kappa shape index (κ2) is 4.47. The van der Waals surface area contributed by atoms with E-state index in [1.165, 1.54) is 4.31 Å². The molecule has 0 radical (unpaired) electrons. The monoisotopic (exact) mass is 269 g/mol. The van der Waals surface area contributed by atoms with E-state index in [4.69, 9.17) is 4.74 Å². The average Bonchev–Trinajstić information content (AvgIpc) is 3.12. The Hall–Kier alpha value is -1.21. The molecule has 1 aromatic rings. The van der Waals surface area contributed by atoms with Crippen molar-refractivity contribution < 1.29 is 13.2 Å². The van der Waals surface area contributed by atoms with Crippen molar-refractivity contribution in [2.24, 2.45) is 0 Å². The zero-order valence-electron chi connectivity index (χ0n) is 9.90. The largest absolute Gasteiger partial charge is 0.459 e. The third kappa shape index (κ3) is 2.32. The van der Waals surface area contributed by atoms with Gasteiger partial charge in [0.25, 0.3) is 0 Å². The molecule has 98 valence electrons. The first-order valence-corrected chi connectivity index (χ1v) is 7.59. The van der Waals surface area contributed by atoms with Crippen LogP contribution < -0.4 is 4.74 Å². The van der Waals surface area contributed by atoms with Gasteiger partial charge in [0.2, 0.25) is 10.0 Å². The van der Waals surface area contributed by atoms with Crippen molar-refractivity contribution in [2.75, 3.05) is 13.1 Å². The van der Waals surface area contributed by atoms with Crippen LogP contribution >= 0.6 is 0 Å². The quantitative estimate of drug-likeness (QED) is 0.792. The van der Waals surface area contributed by atoms with Gasteiger partial charge in [-0.1, -0.05) is 0 Å². The number of hydrogen-bond acceptors (Lipinski definition) is 5. The summed E-state index contributed by atoms with van der Waals surface area (Å²) in [6.07, 6.45) is 5.37. The molecule has 1 saturated heterocycles. The van der Waals surface area contributed by atoms with Crippen molar-refractivity contribution in [3.05, 3.63) is 18.5 Å². The summed E-state index contributed by atoms with van der Waals surface area (Å²) in [7, 11) is -3.08. The van der Waals surface area contributed by atoms with Crippen LogP contribution in [0.3, 0.4) is 0 Å². The van der Waals surface area contributed by atoms with Crippen molar-refractivity contribution >= 4 is 10.0 Å². The van der Waals surface area contributed by atoms with E-state index in [1.54, 1.807) is 18.5 Å². The molecule has 0 N–H and O–H groups in total. The Morgan fingerprint density at radius 1 is 1.22 bits per heavy atom. The Balaban J connectivity index is 1.62. The normalized spacial score (nSPS) is 25.2. The predicted octanol–water partition coefficient (Wildman–Crippen LogP) is 0.422. The summed E-state index contributed by atoms with van der Waals surface area (Å²) >= 11 is 0. The van der Waals surface area contributed by atoms with Crippen LogP contribution in [0.4, 0.5) is 0 Å². The maximum atomic E-state index is 12.0. The highest BCUT2D eigenvalue weighted by atomic mass is 32.2. The van der Waals surface area contributed by atoms with Crippen molar-refractivity contribution in [3.8, 4) is 6.01 Å². The summed E-state index contributed by atoms with van der Waals surface area (Å²) in [5.74, 6) is 0. The molecule has 1 saturated carbocycles. The summed E-state index contributed by atoms with van der Waals surface area (Å²) in [4.78, 5) is 7.95. The van der Waals surface area contributed by atoms with Crippen LogP contribution in [0.2, 0.25) is 0 Å². The third-order valence-corrected chi connectivity index (χ3v) is 5.59. The van der Waals surface area contributed by atoms with Gasteiger partial charge in [0, 0.05) is 18.9 Å². The molecule has 3 rings (SSSR count). The van der Waals surface area contributed by atoms with Crippen molar-refractivity contribution in [1.29, 1.82) is 0 Å². The lowest BCUT2D eigenvalue weighted by Crippen LogP contribution is -2.33. The van der Waals surface area contributed by atoms with Gasteiger partial charge < -0.3 is 4.74 Å². The van der Waals surface area contributed by atoms with Gasteiger partial charge in [0.15, 0.2) is 0 Å². The van der Waals surface area contributed by atoms with E-state index in [0.29, 0.717) is 25.5 Å². The van der Waals surface area contributed by atoms with Gasteiger partial charge in [-0.05, 0) is 25.3 Å². The lowest BCUT2D eigenvalue weighted by Gasteiger charge is -2.16. The van der Waals surface area contributed by atoms with E-state index < -0.39 is 10.0 Å². The summed E-state index contributed by atoms with van der Waals surface area (Å²) in [6, 6.07) is 2.03. The topological polar surface area (TPSA) is 72.4 Å². The number of hydrogen-bond donors (Lipinski definition) is 0. The van der Waals surface area contributed by atoms with Crippen LogP contribution in [-0.2, 0) is 10.0 Å². The minimum absolute atomic E-state index is 0.138. The molecular weight excluding hydrogens is 254 g/mol. The summed E-state index contributed by atoms with van der Waals surface area (Å²) in [6.45, 7) is 0.952. The Labute approximate surface area is 106 Å². The Morgan fingerprint density at radius 2 is 1.94 bits per heavy atom. The molecule has 2 fully saturated rings. The molecule has 0 unspecified atom stereocenters. The van der Waals surface area contributed by atoms with Crippen LogP contribution in [0, 0.1) is 0 Å². The van der Waals surface area contributed by atoms with Crippen molar-refractivity contribution in [1.82, 2.24) is 14.3 Å². The zero-order chi connectivity index (χ0) is 12.6. The Bertz CT molecular complexity index is 516. The highest BCUT2D eigenvalue weighted by molar-refractivity contribution is 7.90. The number of ether oxygens (including phenoxy) is 1. The Kier molecular flexibility index (Phi) is 2.95. The van der Waals surface area contributed by atoms with E-state index in [2.05, 4.69) is 9.97 Å². The maximum absolute atomic E-state index is 12.0.